The van der Waals surface area contributed by atoms with Crippen LogP contribution in [0.1, 0.15) is 22.8 Å². The molecule has 0 spiro atoms. The molecule has 2 aromatic rings. The summed E-state index contributed by atoms with van der Waals surface area (Å²) in [5.74, 6) is 0.534. The summed E-state index contributed by atoms with van der Waals surface area (Å²) in [5.41, 5.74) is 2.08. The van der Waals surface area contributed by atoms with Crippen molar-refractivity contribution >= 4 is 17.5 Å². The lowest BCUT2D eigenvalue weighted by Crippen LogP contribution is -2.47. The molecule has 6 nitrogen and oxygen atoms in total. The van der Waals surface area contributed by atoms with Crippen LogP contribution < -0.4 is 10.1 Å². The molecule has 1 N–H and O–H groups in total. The maximum Gasteiger partial charge on any atom is 0.254 e. The van der Waals surface area contributed by atoms with Crippen molar-refractivity contribution < 1.29 is 19.1 Å². The van der Waals surface area contributed by atoms with E-state index in [1.807, 2.05) is 36.1 Å². The molecule has 3 rings (SSSR count). The molecule has 6 heteroatoms. The van der Waals surface area contributed by atoms with Gasteiger partial charge >= 0.3 is 0 Å². The van der Waals surface area contributed by atoms with Gasteiger partial charge in [-0.2, -0.15) is 0 Å². The number of methoxy groups -OCH3 is 1. The Morgan fingerprint density at radius 1 is 1.19 bits per heavy atom. The number of carbonyl (C=O) groups excluding carboxylic acids is 2. The number of hydrogen-bond donors (Lipinski definition) is 1. The van der Waals surface area contributed by atoms with Crippen LogP contribution in [0, 0.1) is 0 Å². The van der Waals surface area contributed by atoms with E-state index in [2.05, 4.69) is 5.32 Å². The first-order valence-corrected chi connectivity index (χ1v) is 8.99. The number of para-hydroxylation sites is 1. The van der Waals surface area contributed by atoms with Crippen LogP contribution >= 0.6 is 0 Å². The fourth-order valence-electron chi connectivity index (χ4n) is 3.12. The van der Waals surface area contributed by atoms with E-state index < -0.39 is 0 Å². The van der Waals surface area contributed by atoms with Gasteiger partial charge in [0, 0.05) is 23.4 Å². The van der Waals surface area contributed by atoms with E-state index >= 15 is 0 Å². The molecule has 1 fully saturated rings. The predicted molar refractivity (Wildman–Crippen MR) is 103 cm³/mol. The van der Waals surface area contributed by atoms with Gasteiger partial charge in [0.15, 0.2) is 0 Å². The fourth-order valence-corrected chi connectivity index (χ4v) is 3.12. The third-order valence-electron chi connectivity index (χ3n) is 4.59. The number of carbonyl (C=O) groups is 2. The average molecular weight is 368 g/mol. The molecular weight excluding hydrogens is 344 g/mol. The van der Waals surface area contributed by atoms with Crippen LogP contribution in [0.4, 0.5) is 5.69 Å². The second-order valence-electron chi connectivity index (χ2n) is 6.54. The lowest BCUT2D eigenvalue weighted by atomic mass is 10.1. The predicted octanol–water partition coefficient (Wildman–Crippen LogP) is 2.74. The molecule has 27 heavy (non-hydrogen) atoms. The zero-order valence-corrected chi connectivity index (χ0v) is 15.6. The van der Waals surface area contributed by atoms with Gasteiger partial charge in [-0.3, -0.25) is 9.59 Å². The highest BCUT2D eigenvalue weighted by atomic mass is 16.5. The van der Waals surface area contributed by atoms with Gasteiger partial charge in [0.2, 0.25) is 5.91 Å². The number of ether oxygens (including phenoxy) is 2. The number of nitrogens with one attached hydrogen (secondary N) is 1. The maximum atomic E-state index is 12.6. The van der Waals surface area contributed by atoms with Gasteiger partial charge < -0.3 is 19.7 Å². The number of anilines is 1. The molecule has 142 valence electrons. The monoisotopic (exact) mass is 368 g/mol. The van der Waals surface area contributed by atoms with Crippen molar-refractivity contribution in [3.8, 4) is 5.75 Å². The molecular formula is C21H24N2O4. The number of hydrogen-bond acceptors (Lipinski definition) is 4. The van der Waals surface area contributed by atoms with Crippen molar-refractivity contribution in [2.75, 3.05) is 32.2 Å². The molecule has 2 amide bonds. The standard InChI is InChI=1S/C21H24N2O4/c1-15-14-27-12-11-23(15)21(25)16-7-9-18(10-8-16)22-20(24)13-17-5-3-4-6-19(17)26-2/h3-10,15H,11-14H2,1-2H3,(H,22,24). The largest absolute Gasteiger partial charge is 0.496 e. The Morgan fingerprint density at radius 3 is 2.63 bits per heavy atom. The SMILES string of the molecule is COc1ccccc1CC(=O)Nc1ccc(C(=O)N2CCOCC2C)cc1. The minimum atomic E-state index is -0.139. The lowest BCUT2D eigenvalue weighted by Gasteiger charge is -2.33. The summed E-state index contributed by atoms with van der Waals surface area (Å²) < 4.78 is 10.6. The summed E-state index contributed by atoms with van der Waals surface area (Å²) in [7, 11) is 1.59. The van der Waals surface area contributed by atoms with Crippen molar-refractivity contribution in [3.05, 3.63) is 59.7 Å². The zero-order chi connectivity index (χ0) is 19.2. The van der Waals surface area contributed by atoms with Crippen molar-refractivity contribution in [1.82, 2.24) is 4.90 Å². The summed E-state index contributed by atoms with van der Waals surface area (Å²) >= 11 is 0. The Kier molecular flexibility index (Phi) is 6.08. The fraction of sp³-hybridized carbons (Fsp3) is 0.333. The third-order valence-corrected chi connectivity index (χ3v) is 4.59. The Hall–Kier alpha value is -2.86. The maximum absolute atomic E-state index is 12.6. The molecule has 2 aromatic carbocycles. The van der Waals surface area contributed by atoms with Gasteiger partial charge in [0.05, 0.1) is 32.8 Å². The molecule has 0 bridgehead atoms. The minimum absolute atomic E-state index is 0.0160. The van der Waals surface area contributed by atoms with Crippen LogP contribution in [0.15, 0.2) is 48.5 Å². The van der Waals surface area contributed by atoms with E-state index in [-0.39, 0.29) is 24.3 Å². The van der Waals surface area contributed by atoms with Gasteiger partial charge in [-0.15, -0.1) is 0 Å². The smallest absolute Gasteiger partial charge is 0.254 e. The van der Waals surface area contributed by atoms with E-state index in [4.69, 9.17) is 9.47 Å². The highest BCUT2D eigenvalue weighted by molar-refractivity contribution is 5.96. The lowest BCUT2D eigenvalue weighted by molar-refractivity contribution is -0.115. The molecule has 1 aliphatic rings. The minimum Gasteiger partial charge on any atom is -0.496 e. The Bertz CT molecular complexity index is 804. The molecule has 1 aliphatic heterocycles. The summed E-state index contributed by atoms with van der Waals surface area (Å²) in [4.78, 5) is 26.7. The van der Waals surface area contributed by atoms with Crippen molar-refractivity contribution in [2.24, 2.45) is 0 Å². The van der Waals surface area contributed by atoms with Crippen LogP contribution in [-0.2, 0) is 16.0 Å². The molecule has 1 atom stereocenters. The molecule has 1 unspecified atom stereocenters. The molecule has 0 saturated carbocycles. The van der Waals surface area contributed by atoms with E-state index in [9.17, 15) is 9.59 Å². The second kappa shape index (κ2) is 8.68. The Labute approximate surface area is 159 Å². The number of morpholine rings is 1. The second-order valence-corrected chi connectivity index (χ2v) is 6.54. The normalized spacial score (nSPS) is 16.7. The summed E-state index contributed by atoms with van der Waals surface area (Å²) in [6.45, 7) is 3.69. The molecule has 1 saturated heterocycles. The number of benzene rings is 2. The number of amides is 2. The molecule has 0 aliphatic carbocycles. The van der Waals surface area contributed by atoms with E-state index in [1.165, 1.54) is 0 Å². The third kappa shape index (κ3) is 4.65. The first-order chi connectivity index (χ1) is 13.1. The van der Waals surface area contributed by atoms with Crippen molar-refractivity contribution in [1.29, 1.82) is 0 Å². The van der Waals surface area contributed by atoms with Crippen LogP contribution in [0.25, 0.3) is 0 Å². The first-order valence-electron chi connectivity index (χ1n) is 8.99. The van der Waals surface area contributed by atoms with Gasteiger partial charge in [0.25, 0.3) is 5.91 Å². The van der Waals surface area contributed by atoms with Crippen LogP contribution in [-0.4, -0.2) is 49.6 Å². The highest BCUT2D eigenvalue weighted by Crippen LogP contribution is 2.19. The quantitative estimate of drug-likeness (QED) is 0.881. The van der Waals surface area contributed by atoms with Crippen molar-refractivity contribution in [2.45, 2.75) is 19.4 Å². The van der Waals surface area contributed by atoms with Crippen LogP contribution in [0.5, 0.6) is 5.75 Å². The highest BCUT2D eigenvalue weighted by Gasteiger charge is 2.24. The van der Waals surface area contributed by atoms with Crippen LogP contribution in [0.3, 0.4) is 0 Å². The zero-order valence-electron chi connectivity index (χ0n) is 15.6. The number of rotatable bonds is 5. The van der Waals surface area contributed by atoms with Gasteiger partial charge in [-0.25, -0.2) is 0 Å². The van der Waals surface area contributed by atoms with Crippen LogP contribution in [0.2, 0.25) is 0 Å². The summed E-state index contributed by atoms with van der Waals surface area (Å²) in [6.07, 6.45) is 0.218. The topological polar surface area (TPSA) is 67.9 Å². The van der Waals surface area contributed by atoms with E-state index in [0.717, 1.165) is 5.56 Å². The first kappa shape index (κ1) is 18.9. The summed E-state index contributed by atoms with van der Waals surface area (Å²) in [5, 5.41) is 2.86. The van der Waals surface area contributed by atoms with E-state index in [1.54, 1.807) is 31.4 Å². The Morgan fingerprint density at radius 2 is 1.93 bits per heavy atom. The van der Waals surface area contributed by atoms with Gasteiger partial charge in [-0.1, -0.05) is 18.2 Å². The number of nitrogens with zero attached hydrogens (tertiary/aromatic N) is 1. The Balaban J connectivity index is 1.61. The van der Waals surface area contributed by atoms with E-state index in [0.29, 0.717) is 36.8 Å². The molecule has 0 aromatic heterocycles. The average Bonchev–Trinajstić information content (AvgIpc) is 2.69. The van der Waals surface area contributed by atoms with Crippen molar-refractivity contribution in [3.63, 3.8) is 0 Å². The molecule has 0 radical (unpaired) electrons. The van der Waals surface area contributed by atoms with Gasteiger partial charge in [0.1, 0.15) is 5.75 Å². The molecule has 1 heterocycles. The summed E-state index contributed by atoms with van der Waals surface area (Å²) in [6, 6.07) is 14.5. The van der Waals surface area contributed by atoms with Gasteiger partial charge in [-0.05, 0) is 37.3 Å².